The minimum absolute atomic E-state index is 0.154. The second kappa shape index (κ2) is 8.04. The third kappa shape index (κ3) is 4.01. The molecule has 0 bridgehead atoms. The number of benzene rings is 1. The number of carbonyl (C=O) groups is 1. The molecule has 1 amide bonds. The first-order valence-electron chi connectivity index (χ1n) is 9.69. The number of piperidine rings is 1. The number of aromatic nitrogens is 3. The number of nitrogens with one attached hydrogen (secondary N) is 2. The van der Waals surface area contributed by atoms with E-state index in [2.05, 4.69) is 20.7 Å². The van der Waals surface area contributed by atoms with Gasteiger partial charge < -0.3 is 9.84 Å². The maximum Gasteiger partial charge on any atom is 0.243 e. The summed E-state index contributed by atoms with van der Waals surface area (Å²) in [6.07, 6.45) is 3.06. The van der Waals surface area contributed by atoms with Crippen LogP contribution in [0.3, 0.4) is 0 Å². The quantitative estimate of drug-likeness (QED) is 0.643. The summed E-state index contributed by atoms with van der Waals surface area (Å²) in [7, 11) is -3.59. The lowest BCUT2D eigenvalue weighted by molar-refractivity contribution is -0.114. The van der Waals surface area contributed by atoms with E-state index in [9.17, 15) is 13.2 Å². The number of sulfonamides is 1. The number of aromatic amines is 1. The van der Waals surface area contributed by atoms with Gasteiger partial charge in [-0.15, -0.1) is 0 Å². The molecule has 30 heavy (non-hydrogen) atoms. The Hall–Kier alpha value is -2.98. The van der Waals surface area contributed by atoms with Crippen LogP contribution in [-0.2, 0) is 14.8 Å². The fraction of sp³-hybridized carbons (Fsp3) is 0.350. The minimum atomic E-state index is -3.59. The molecule has 3 aromatic rings. The first-order chi connectivity index (χ1) is 14.3. The molecule has 1 aromatic carbocycles. The molecule has 3 heterocycles. The zero-order chi connectivity index (χ0) is 21.3. The maximum absolute atomic E-state index is 13.0. The highest BCUT2D eigenvalue weighted by Crippen LogP contribution is 2.35. The molecule has 0 aliphatic carbocycles. The van der Waals surface area contributed by atoms with Crippen LogP contribution in [0, 0.1) is 6.92 Å². The van der Waals surface area contributed by atoms with Crippen LogP contribution < -0.4 is 5.32 Å². The lowest BCUT2D eigenvalue weighted by atomic mass is 9.92. The summed E-state index contributed by atoms with van der Waals surface area (Å²) in [5.74, 6) is 0.610. The molecular formula is C20H23N5O4S. The number of carbonyl (C=O) groups excluding carboxylic acids is 1. The normalized spacial score (nSPS) is 15.9. The Kier molecular flexibility index (Phi) is 5.44. The average Bonchev–Trinajstić information content (AvgIpc) is 3.37. The summed E-state index contributed by atoms with van der Waals surface area (Å²) in [5.41, 5.74) is 3.17. The monoisotopic (exact) mass is 429 g/mol. The number of H-pyrrole nitrogens is 1. The molecule has 1 fully saturated rings. The van der Waals surface area contributed by atoms with E-state index in [4.69, 9.17) is 4.52 Å². The summed E-state index contributed by atoms with van der Waals surface area (Å²) >= 11 is 0. The summed E-state index contributed by atoms with van der Waals surface area (Å²) in [6, 6.07) is 8.09. The number of nitrogens with zero attached hydrogens (tertiary/aromatic N) is 3. The molecule has 10 heteroatoms. The molecular weight excluding hydrogens is 406 g/mol. The van der Waals surface area contributed by atoms with Gasteiger partial charge in [0.1, 0.15) is 0 Å². The van der Waals surface area contributed by atoms with E-state index in [0.717, 1.165) is 17.0 Å². The van der Waals surface area contributed by atoms with Gasteiger partial charge in [-0.2, -0.15) is 9.40 Å². The molecule has 0 saturated carbocycles. The number of rotatable bonds is 5. The Labute approximate surface area is 174 Å². The molecule has 2 aromatic heterocycles. The van der Waals surface area contributed by atoms with E-state index >= 15 is 0 Å². The Morgan fingerprint density at radius 3 is 2.53 bits per heavy atom. The SMILES string of the molecule is CC(=O)Nc1ccc(S(=O)(=O)N2CCC(c3[nH]ncc3-c3cc(C)no3)CC2)cc1. The van der Waals surface area contributed by atoms with E-state index in [0.29, 0.717) is 37.4 Å². The van der Waals surface area contributed by atoms with Gasteiger partial charge >= 0.3 is 0 Å². The van der Waals surface area contributed by atoms with Gasteiger partial charge in [-0.3, -0.25) is 9.89 Å². The summed E-state index contributed by atoms with van der Waals surface area (Å²) in [5, 5.41) is 13.8. The van der Waals surface area contributed by atoms with Crippen LogP contribution in [0.2, 0.25) is 0 Å². The summed E-state index contributed by atoms with van der Waals surface area (Å²) in [4.78, 5) is 11.3. The van der Waals surface area contributed by atoms with Crippen molar-refractivity contribution < 1.29 is 17.7 Å². The Morgan fingerprint density at radius 1 is 1.23 bits per heavy atom. The number of amides is 1. The van der Waals surface area contributed by atoms with Gasteiger partial charge in [0.25, 0.3) is 0 Å². The van der Waals surface area contributed by atoms with Crippen molar-refractivity contribution in [3.63, 3.8) is 0 Å². The third-order valence-electron chi connectivity index (χ3n) is 5.24. The number of aryl methyl sites for hydroxylation is 1. The van der Waals surface area contributed by atoms with Gasteiger partial charge in [-0.05, 0) is 44.0 Å². The highest BCUT2D eigenvalue weighted by atomic mass is 32.2. The van der Waals surface area contributed by atoms with Crippen molar-refractivity contribution >= 4 is 21.6 Å². The zero-order valence-electron chi connectivity index (χ0n) is 16.8. The first-order valence-corrected chi connectivity index (χ1v) is 11.1. The van der Waals surface area contributed by atoms with Crippen molar-refractivity contribution in [1.29, 1.82) is 0 Å². The largest absolute Gasteiger partial charge is 0.356 e. The number of hydrogen-bond acceptors (Lipinski definition) is 6. The molecule has 1 aliphatic heterocycles. The second-order valence-electron chi connectivity index (χ2n) is 7.41. The number of hydrogen-bond donors (Lipinski definition) is 2. The van der Waals surface area contributed by atoms with Crippen molar-refractivity contribution in [2.75, 3.05) is 18.4 Å². The highest BCUT2D eigenvalue weighted by Gasteiger charge is 2.32. The molecule has 0 radical (unpaired) electrons. The van der Waals surface area contributed by atoms with Gasteiger partial charge in [0.05, 0.1) is 22.3 Å². The van der Waals surface area contributed by atoms with Crippen LogP contribution >= 0.6 is 0 Å². The lowest BCUT2D eigenvalue weighted by Gasteiger charge is -2.31. The summed E-state index contributed by atoms with van der Waals surface area (Å²) < 4.78 is 32.9. The predicted molar refractivity (Wildman–Crippen MR) is 110 cm³/mol. The first kappa shape index (κ1) is 20.3. The molecule has 158 valence electrons. The number of anilines is 1. The molecule has 0 spiro atoms. The van der Waals surface area contributed by atoms with Crippen LogP contribution in [0.15, 0.2) is 45.9 Å². The van der Waals surface area contributed by atoms with Crippen molar-refractivity contribution in [2.24, 2.45) is 0 Å². The van der Waals surface area contributed by atoms with Gasteiger partial charge in [0.15, 0.2) is 5.76 Å². The van der Waals surface area contributed by atoms with Crippen LogP contribution in [0.1, 0.15) is 37.1 Å². The molecule has 0 unspecified atom stereocenters. The fourth-order valence-electron chi connectivity index (χ4n) is 3.74. The lowest BCUT2D eigenvalue weighted by Crippen LogP contribution is -2.38. The Balaban J connectivity index is 1.46. The van der Waals surface area contributed by atoms with Crippen molar-refractivity contribution in [1.82, 2.24) is 19.7 Å². The van der Waals surface area contributed by atoms with Crippen LogP contribution in [-0.4, -0.2) is 47.1 Å². The predicted octanol–water partition coefficient (Wildman–Crippen LogP) is 2.90. The van der Waals surface area contributed by atoms with Crippen molar-refractivity contribution in [3.05, 3.63) is 47.9 Å². The molecule has 1 saturated heterocycles. The molecule has 2 N–H and O–H groups in total. The van der Waals surface area contributed by atoms with E-state index in [-0.39, 0.29) is 16.7 Å². The molecule has 9 nitrogen and oxygen atoms in total. The van der Waals surface area contributed by atoms with E-state index in [1.54, 1.807) is 18.3 Å². The Bertz CT molecular complexity index is 1140. The smallest absolute Gasteiger partial charge is 0.243 e. The zero-order valence-corrected chi connectivity index (χ0v) is 17.6. The van der Waals surface area contributed by atoms with Crippen molar-refractivity contribution in [3.8, 4) is 11.3 Å². The van der Waals surface area contributed by atoms with Gasteiger partial charge in [-0.25, -0.2) is 8.42 Å². The van der Waals surface area contributed by atoms with Gasteiger partial charge in [0, 0.05) is 43.4 Å². The van der Waals surface area contributed by atoms with Gasteiger partial charge in [0.2, 0.25) is 15.9 Å². The van der Waals surface area contributed by atoms with Crippen LogP contribution in [0.25, 0.3) is 11.3 Å². The van der Waals surface area contributed by atoms with Gasteiger partial charge in [-0.1, -0.05) is 5.16 Å². The highest BCUT2D eigenvalue weighted by molar-refractivity contribution is 7.89. The van der Waals surface area contributed by atoms with E-state index < -0.39 is 10.0 Å². The third-order valence-corrected chi connectivity index (χ3v) is 7.15. The van der Waals surface area contributed by atoms with Crippen molar-refractivity contribution in [2.45, 2.75) is 37.5 Å². The molecule has 1 aliphatic rings. The Morgan fingerprint density at radius 2 is 1.93 bits per heavy atom. The van der Waals surface area contributed by atoms with E-state index in [1.807, 2.05) is 13.0 Å². The topological polar surface area (TPSA) is 121 Å². The second-order valence-corrected chi connectivity index (χ2v) is 9.35. The minimum Gasteiger partial charge on any atom is -0.356 e. The standard InChI is InChI=1S/C20H23N5O4S/c1-13-11-19(29-24-13)18-12-21-23-20(18)15-7-9-25(10-8-15)30(27,28)17-5-3-16(4-6-17)22-14(2)26/h3-6,11-12,15H,7-10H2,1-2H3,(H,21,23)(H,22,26). The molecule has 0 atom stereocenters. The molecule has 4 rings (SSSR count). The van der Waals surface area contributed by atoms with Crippen LogP contribution in [0.4, 0.5) is 5.69 Å². The fourth-order valence-corrected chi connectivity index (χ4v) is 5.21. The maximum atomic E-state index is 13.0. The van der Waals surface area contributed by atoms with E-state index in [1.165, 1.54) is 23.4 Å². The van der Waals surface area contributed by atoms with Crippen LogP contribution in [0.5, 0.6) is 0 Å². The average molecular weight is 430 g/mol. The summed E-state index contributed by atoms with van der Waals surface area (Å²) in [6.45, 7) is 4.09.